The van der Waals surface area contributed by atoms with Gasteiger partial charge >= 0.3 is 0 Å². The number of nitrogens with zero attached hydrogens (tertiary/aromatic N) is 3. The molecule has 4 nitrogen and oxygen atoms in total. The van der Waals surface area contributed by atoms with Gasteiger partial charge in [-0.25, -0.2) is 0 Å². The minimum Gasteiger partial charge on any atom is -0.356 e. The highest BCUT2D eigenvalue weighted by Gasteiger charge is 2.19. The van der Waals surface area contributed by atoms with Gasteiger partial charge in [-0.05, 0) is 85.6 Å². The predicted octanol–water partition coefficient (Wildman–Crippen LogP) is 9.53. The van der Waals surface area contributed by atoms with Gasteiger partial charge in [0, 0.05) is 39.5 Å². The van der Waals surface area contributed by atoms with Crippen LogP contribution in [0.5, 0.6) is 0 Å². The van der Waals surface area contributed by atoms with Crippen molar-refractivity contribution in [2.45, 2.75) is 13.8 Å². The van der Waals surface area contributed by atoms with Crippen molar-refractivity contribution in [2.24, 2.45) is 0 Å². The van der Waals surface area contributed by atoms with Crippen LogP contribution in [0.1, 0.15) is 11.1 Å². The molecule has 0 saturated carbocycles. The van der Waals surface area contributed by atoms with Crippen LogP contribution in [0, 0.1) is 13.8 Å². The molecular weight excluding hydrogens is 478 g/mol. The minimum absolute atomic E-state index is 0.779. The van der Waals surface area contributed by atoms with Gasteiger partial charge in [0.25, 0.3) is 0 Å². The summed E-state index contributed by atoms with van der Waals surface area (Å²) in [6.45, 7) is 4.34. The van der Waals surface area contributed by atoms with Crippen molar-refractivity contribution in [2.75, 3.05) is 4.90 Å². The molecule has 0 saturated heterocycles. The number of anilines is 3. The van der Waals surface area contributed by atoms with Gasteiger partial charge in [0.05, 0.1) is 22.9 Å². The van der Waals surface area contributed by atoms with Gasteiger partial charge in [-0.3, -0.25) is 0 Å². The Balaban J connectivity index is 1.46. The average Bonchev–Trinajstić information content (AvgIpc) is 3.62. The third-order valence-corrected chi connectivity index (χ3v) is 7.38. The Labute approximate surface area is 227 Å². The van der Waals surface area contributed by atoms with Gasteiger partial charge < -0.3 is 14.0 Å². The van der Waals surface area contributed by atoms with E-state index in [0.717, 1.165) is 28.4 Å². The Morgan fingerprint density at radius 1 is 0.590 bits per heavy atom. The molecule has 0 unspecified atom stereocenters. The maximum absolute atomic E-state index is 5.45. The monoisotopic (exact) mass is 505 g/mol. The van der Waals surface area contributed by atoms with Crippen LogP contribution >= 0.6 is 0 Å². The van der Waals surface area contributed by atoms with Crippen LogP contribution in [0.2, 0.25) is 0 Å². The number of aromatic nitrogens is 2. The second kappa shape index (κ2) is 9.34. The fraction of sp³-hybridized carbons (Fsp3) is 0.0571. The molecular formula is C35H27N3O. The maximum atomic E-state index is 5.45. The molecule has 39 heavy (non-hydrogen) atoms. The highest BCUT2D eigenvalue weighted by molar-refractivity contribution is 6.11. The molecule has 7 aromatic rings. The fourth-order valence-corrected chi connectivity index (χ4v) is 5.76. The summed E-state index contributed by atoms with van der Waals surface area (Å²) in [5.74, 6) is 0.779. The van der Waals surface area contributed by atoms with Crippen molar-refractivity contribution in [1.82, 2.24) is 9.72 Å². The molecule has 4 heteroatoms. The Hall–Kier alpha value is -5.09. The topological polar surface area (TPSA) is 34.2 Å². The minimum atomic E-state index is 0.779. The molecule has 0 amide bonds. The number of benzene rings is 5. The zero-order valence-electron chi connectivity index (χ0n) is 21.9. The summed E-state index contributed by atoms with van der Waals surface area (Å²) < 4.78 is 7.85. The summed E-state index contributed by atoms with van der Waals surface area (Å²) in [5, 5.41) is 6.34. The first kappa shape index (κ1) is 23.1. The SMILES string of the molecule is Cc1cc(-c2ccno2)cc(C)c1-n1c2ccccc2c2cc(N(c3ccccc3)c3ccccc3)ccc21. The summed E-state index contributed by atoms with van der Waals surface area (Å²) in [6.07, 6.45) is 1.69. The Morgan fingerprint density at radius 3 is 1.85 bits per heavy atom. The van der Waals surface area contributed by atoms with E-state index in [1.807, 2.05) is 6.07 Å². The van der Waals surface area contributed by atoms with Gasteiger partial charge in [0.1, 0.15) is 0 Å². The maximum Gasteiger partial charge on any atom is 0.166 e. The van der Waals surface area contributed by atoms with Crippen LogP contribution < -0.4 is 4.90 Å². The third kappa shape index (κ3) is 3.89. The number of hydrogen-bond acceptors (Lipinski definition) is 3. The highest BCUT2D eigenvalue weighted by Crippen LogP contribution is 2.40. The number of hydrogen-bond donors (Lipinski definition) is 0. The first-order valence-electron chi connectivity index (χ1n) is 13.1. The van der Waals surface area contributed by atoms with E-state index in [4.69, 9.17) is 4.52 Å². The average molecular weight is 506 g/mol. The van der Waals surface area contributed by atoms with E-state index in [-0.39, 0.29) is 0 Å². The molecule has 5 aromatic carbocycles. The van der Waals surface area contributed by atoms with Crippen LogP contribution in [0.25, 0.3) is 38.8 Å². The Bertz CT molecular complexity index is 1860. The Kier molecular flexibility index (Phi) is 5.52. The zero-order chi connectivity index (χ0) is 26.3. The molecule has 2 heterocycles. The van der Waals surface area contributed by atoms with E-state index < -0.39 is 0 Å². The van der Waals surface area contributed by atoms with E-state index in [0.29, 0.717) is 0 Å². The second-order valence-corrected chi connectivity index (χ2v) is 9.90. The normalized spacial score (nSPS) is 11.3. The van der Waals surface area contributed by atoms with Gasteiger partial charge in [0.15, 0.2) is 5.76 Å². The molecule has 0 radical (unpaired) electrons. The van der Waals surface area contributed by atoms with Crippen molar-refractivity contribution >= 4 is 38.9 Å². The molecule has 0 aliphatic carbocycles. The van der Waals surface area contributed by atoms with Crippen molar-refractivity contribution < 1.29 is 4.52 Å². The fourth-order valence-electron chi connectivity index (χ4n) is 5.76. The number of fused-ring (bicyclic) bond motifs is 3. The number of para-hydroxylation sites is 3. The summed E-state index contributed by atoms with van der Waals surface area (Å²) in [4.78, 5) is 2.31. The number of rotatable bonds is 5. The quantitative estimate of drug-likeness (QED) is 0.234. The molecule has 0 bridgehead atoms. The smallest absolute Gasteiger partial charge is 0.166 e. The van der Waals surface area contributed by atoms with E-state index in [2.05, 4.69) is 144 Å². The number of aryl methyl sites for hydroxylation is 2. The largest absolute Gasteiger partial charge is 0.356 e. The summed E-state index contributed by atoms with van der Waals surface area (Å²) in [5.41, 5.74) is 10.3. The van der Waals surface area contributed by atoms with Gasteiger partial charge in [0.2, 0.25) is 0 Å². The summed E-state index contributed by atoms with van der Waals surface area (Å²) in [7, 11) is 0. The van der Waals surface area contributed by atoms with Crippen LogP contribution in [-0.2, 0) is 0 Å². The summed E-state index contributed by atoms with van der Waals surface area (Å²) >= 11 is 0. The first-order chi connectivity index (χ1) is 19.2. The molecule has 0 N–H and O–H groups in total. The molecule has 2 aromatic heterocycles. The van der Waals surface area contributed by atoms with Crippen molar-refractivity contribution in [3.63, 3.8) is 0 Å². The predicted molar refractivity (Wildman–Crippen MR) is 160 cm³/mol. The first-order valence-corrected chi connectivity index (χ1v) is 13.1. The third-order valence-electron chi connectivity index (χ3n) is 7.38. The van der Waals surface area contributed by atoms with Gasteiger partial charge in [-0.1, -0.05) is 59.8 Å². The van der Waals surface area contributed by atoms with Gasteiger partial charge in [-0.2, -0.15) is 0 Å². The van der Waals surface area contributed by atoms with Crippen LogP contribution in [0.3, 0.4) is 0 Å². The molecule has 0 fully saturated rings. The van der Waals surface area contributed by atoms with Crippen molar-refractivity contribution in [1.29, 1.82) is 0 Å². The van der Waals surface area contributed by atoms with Crippen LogP contribution in [-0.4, -0.2) is 9.72 Å². The summed E-state index contributed by atoms with van der Waals surface area (Å²) in [6, 6.07) is 42.8. The second-order valence-electron chi connectivity index (χ2n) is 9.90. The lowest BCUT2D eigenvalue weighted by molar-refractivity contribution is 0.432. The molecule has 0 atom stereocenters. The lowest BCUT2D eigenvalue weighted by Gasteiger charge is -2.25. The van der Waals surface area contributed by atoms with Crippen LogP contribution in [0.15, 0.2) is 132 Å². The molecule has 7 rings (SSSR count). The van der Waals surface area contributed by atoms with E-state index in [1.165, 1.54) is 38.6 Å². The van der Waals surface area contributed by atoms with E-state index in [9.17, 15) is 0 Å². The highest BCUT2D eigenvalue weighted by atomic mass is 16.5. The molecule has 0 spiro atoms. The zero-order valence-corrected chi connectivity index (χ0v) is 21.9. The Morgan fingerprint density at radius 2 is 1.21 bits per heavy atom. The standard InChI is InChI=1S/C35H27N3O/c1-24-21-26(34-19-20-36-39-34)22-25(2)35(24)38-32-16-10-9-15-30(32)31-23-29(17-18-33(31)38)37(27-11-5-3-6-12-27)28-13-7-4-8-14-28/h3-23H,1-2H3. The van der Waals surface area contributed by atoms with Gasteiger partial charge in [-0.15, -0.1) is 0 Å². The molecule has 188 valence electrons. The van der Waals surface area contributed by atoms with E-state index >= 15 is 0 Å². The lowest BCUT2D eigenvalue weighted by Crippen LogP contribution is -2.09. The van der Waals surface area contributed by atoms with E-state index in [1.54, 1.807) is 6.20 Å². The molecule has 0 aliphatic rings. The van der Waals surface area contributed by atoms with Crippen LogP contribution in [0.4, 0.5) is 17.1 Å². The molecule has 0 aliphatic heterocycles. The van der Waals surface area contributed by atoms with Crippen molar-refractivity contribution in [3.05, 3.63) is 139 Å². The van der Waals surface area contributed by atoms with Crippen molar-refractivity contribution in [3.8, 4) is 17.0 Å². The lowest BCUT2D eigenvalue weighted by atomic mass is 10.0.